The Morgan fingerprint density at radius 2 is 2.14 bits per heavy atom. The highest BCUT2D eigenvalue weighted by atomic mass is 127. The first kappa shape index (κ1) is 14.8. The van der Waals surface area contributed by atoms with Gasteiger partial charge in [-0.25, -0.2) is 4.68 Å². The van der Waals surface area contributed by atoms with Gasteiger partial charge >= 0.3 is 0 Å². The van der Waals surface area contributed by atoms with Gasteiger partial charge in [0.25, 0.3) is 0 Å². The lowest BCUT2D eigenvalue weighted by Gasteiger charge is -2.12. The average molecular weight is 420 g/mol. The second-order valence-corrected chi connectivity index (χ2v) is 6.38. The van der Waals surface area contributed by atoms with E-state index < -0.39 is 0 Å². The van der Waals surface area contributed by atoms with Crippen molar-refractivity contribution in [3.05, 3.63) is 32.0 Å². The summed E-state index contributed by atoms with van der Waals surface area (Å²) in [7, 11) is 0. The summed E-state index contributed by atoms with van der Waals surface area (Å²) in [5.74, 6) is 1.97. The molecule has 7 heteroatoms. The topological polar surface area (TPSA) is 62.3 Å². The number of anilines is 1. The molecule has 0 atom stereocenters. The van der Waals surface area contributed by atoms with Gasteiger partial charge in [0.2, 0.25) is 0 Å². The zero-order chi connectivity index (χ0) is 15.0. The normalized spacial score (nSPS) is 14.0. The van der Waals surface area contributed by atoms with Crippen LogP contribution in [0.2, 0.25) is 5.02 Å². The van der Waals surface area contributed by atoms with E-state index in [1.807, 2.05) is 19.1 Å². The number of halogens is 2. The molecular formula is C14H15ClIN3O2. The van der Waals surface area contributed by atoms with Gasteiger partial charge < -0.3 is 15.2 Å². The van der Waals surface area contributed by atoms with Crippen LogP contribution in [0.3, 0.4) is 0 Å². The van der Waals surface area contributed by atoms with E-state index in [0.29, 0.717) is 42.1 Å². The Morgan fingerprint density at radius 1 is 1.38 bits per heavy atom. The predicted octanol–water partition coefficient (Wildman–Crippen LogP) is 3.24. The summed E-state index contributed by atoms with van der Waals surface area (Å²) in [6.45, 7) is 3.74. The van der Waals surface area contributed by atoms with Crippen molar-refractivity contribution >= 4 is 40.0 Å². The third-order valence-corrected chi connectivity index (χ3v) is 4.90. The Labute approximate surface area is 141 Å². The second-order valence-electron chi connectivity index (χ2n) is 4.90. The number of rotatable bonds is 2. The molecule has 2 heterocycles. The van der Waals surface area contributed by atoms with E-state index in [-0.39, 0.29) is 0 Å². The first-order valence-corrected chi connectivity index (χ1v) is 8.08. The largest absolute Gasteiger partial charge is 0.489 e. The van der Waals surface area contributed by atoms with Crippen LogP contribution in [0.1, 0.15) is 17.7 Å². The van der Waals surface area contributed by atoms with E-state index in [0.717, 1.165) is 21.2 Å². The number of hydrogen-bond acceptors (Lipinski definition) is 4. The number of aryl methyl sites for hydroxylation is 1. The minimum Gasteiger partial charge on any atom is -0.489 e. The molecule has 0 saturated carbocycles. The van der Waals surface area contributed by atoms with Crippen LogP contribution in [0.25, 0.3) is 0 Å². The molecular weight excluding hydrogens is 405 g/mol. The lowest BCUT2D eigenvalue weighted by molar-refractivity contribution is 0.297. The first-order valence-electron chi connectivity index (χ1n) is 6.62. The monoisotopic (exact) mass is 419 g/mol. The Kier molecular flexibility index (Phi) is 4.17. The summed E-state index contributed by atoms with van der Waals surface area (Å²) < 4.78 is 14.1. The molecule has 1 aromatic carbocycles. The van der Waals surface area contributed by atoms with Gasteiger partial charge in [-0.1, -0.05) is 11.6 Å². The molecule has 2 N–H and O–H groups in total. The quantitative estimate of drug-likeness (QED) is 0.759. The zero-order valence-electron chi connectivity index (χ0n) is 11.5. The van der Waals surface area contributed by atoms with Gasteiger partial charge in [-0.2, -0.15) is 5.10 Å². The molecule has 2 aromatic rings. The van der Waals surface area contributed by atoms with Gasteiger partial charge in [-0.05, 0) is 47.2 Å². The third-order valence-electron chi connectivity index (χ3n) is 3.29. The van der Waals surface area contributed by atoms with Crippen molar-refractivity contribution < 1.29 is 9.47 Å². The van der Waals surface area contributed by atoms with Crippen molar-refractivity contribution in [1.82, 2.24) is 9.78 Å². The van der Waals surface area contributed by atoms with Crippen LogP contribution in [0.15, 0.2) is 12.1 Å². The zero-order valence-corrected chi connectivity index (χ0v) is 14.4. The number of nitrogens with zero attached hydrogens (tertiary/aromatic N) is 2. The maximum Gasteiger partial charge on any atom is 0.179 e. The predicted molar refractivity (Wildman–Crippen MR) is 90.3 cm³/mol. The van der Waals surface area contributed by atoms with Gasteiger partial charge in [0.05, 0.1) is 34.0 Å². The molecule has 1 aromatic heterocycles. The smallest absolute Gasteiger partial charge is 0.179 e. The highest BCUT2D eigenvalue weighted by Crippen LogP contribution is 2.38. The summed E-state index contributed by atoms with van der Waals surface area (Å²) in [4.78, 5) is 0. The molecule has 0 fully saturated rings. The summed E-state index contributed by atoms with van der Waals surface area (Å²) in [6, 6.07) is 3.81. The SMILES string of the molecule is Cc1nn(Cc2cc(Cl)c3c(c2)OCCCO3)c(N)c1I. The maximum atomic E-state index is 6.29. The van der Waals surface area contributed by atoms with E-state index in [1.54, 1.807) is 4.68 Å². The number of nitrogens with two attached hydrogens (primary N) is 1. The number of hydrogen-bond donors (Lipinski definition) is 1. The van der Waals surface area contributed by atoms with Gasteiger partial charge in [-0.3, -0.25) is 0 Å². The minimum absolute atomic E-state index is 0.548. The second kappa shape index (κ2) is 5.92. The first-order chi connectivity index (χ1) is 10.1. The highest BCUT2D eigenvalue weighted by Gasteiger charge is 2.17. The van der Waals surface area contributed by atoms with Crippen molar-refractivity contribution in [2.75, 3.05) is 18.9 Å². The molecule has 0 unspecified atom stereocenters. The van der Waals surface area contributed by atoms with Gasteiger partial charge in [0, 0.05) is 6.42 Å². The lowest BCUT2D eigenvalue weighted by atomic mass is 10.2. The van der Waals surface area contributed by atoms with Crippen molar-refractivity contribution in [1.29, 1.82) is 0 Å². The van der Waals surface area contributed by atoms with Crippen LogP contribution in [0.4, 0.5) is 5.82 Å². The Balaban J connectivity index is 1.94. The summed E-state index contributed by atoms with van der Waals surface area (Å²) >= 11 is 8.49. The average Bonchev–Trinajstić information content (AvgIpc) is 2.65. The van der Waals surface area contributed by atoms with Crippen LogP contribution in [-0.4, -0.2) is 23.0 Å². The molecule has 0 spiro atoms. The fourth-order valence-corrected chi connectivity index (χ4v) is 2.92. The lowest BCUT2D eigenvalue weighted by Crippen LogP contribution is -2.07. The fourth-order valence-electron chi connectivity index (χ4n) is 2.25. The molecule has 0 aliphatic carbocycles. The standard InChI is InChI=1S/C14H15ClIN3O2/c1-8-12(16)14(17)19(18-8)7-9-5-10(15)13-11(6-9)20-3-2-4-21-13/h5-6H,2-4,7,17H2,1H3. The summed E-state index contributed by atoms with van der Waals surface area (Å²) in [5.41, 5.74) is 7.96. The number of benzene rings is 1. The van der Waals surface area contributed by atoms with Crippen LogP contribution in [0.5, 0.6) is 11.5 Å². The molecule has 0 radical (unpaired) electrons. The Morgan fingerprint density at radius 3 is 2.86 bits per heavy atom. The van der Waals surface area contributed by atoms with Crippen molar-refractivity contribution in [3.63, 3.8) is 0 Å². The van der Waals surface area contributed by atoms with Crippen LogP contribution < -0.4 is 15.2 Å². The van der Waals surface area contributed by atoms with E-state index in [9.17, 15) is 0 Å². The molecule has 1 aliphatic heterocycles. The molecule has 3 rings (SSSR count). The van der Waals surface area contributed by atoms with Gasteiger partial charge in [-0.15, -0.1) is 0 Å². The molecule has 0 amide bonds. The van der Waals surface area contributed by atoms with E-state index >= 15 is 0 Å². The highest BCUT2D eigenvalue weighted by molar-refractivity contribution is 14.1. The van der Waals surface area contributed by atoms with E-state index in [2.05, 4.69) is 27.7 Å². The number of nitrogen functional groups attached to an aromatic ring is 1. The summed E-state index contributed by atoms with van der Waals surface area (Å²) in [6.07, 6.45) is 0.851. The Bertz CT molecular complexity index is 687. The summed E-state index contributed by atoms with van der Waals surface area (Å²) in [5, 5.41) is 4.99. The van der Waals surface area contributed by atoms with Crippen molar-refractivity contribution in [3.8, 4) is 11.5 Å². The van der Waals surface area contributed by atoms with Gasteiger partial charge in [0.15, 0.2) is 11.5 Å². The molecule has 1 aliphatic rings. The molecule has 21 heavy (non-hydrogen) atoms. The molecule has 0 saturated heterocycles. The van der Waals surface area contributed by atoms with Crippen LogP contribution in [-0.2, 0) is 6.54 Å². The fraction of sp³-hybridized carbons (Fsp3) is 0.357. The minimum atomic E-state index is 0.548. The Hall–Kier alpha value is -1.15. The molecule has 5 nitrogen and oxygen atoms in total. The molecule has 112 valence electrons. The van der Waals surface area contributed by atoms with E-state index in [4.69, 9.17) is 26.8 Å². The van der Waals surface area contributed by atoms with Crippen LogP contribution in [0, 0.1) is 10.5 Å². The van der Waals surface area contributed by atoms with Crippen molar-refractivity contribution in [2.24, 2.45) is 0 Å². The molecule has 0 bridgehead atoms. The van der Waals surface area contributed by atoms with Gasteiger partial charge in [0.1, 0.15) is 5.82 Å². The number of ether oxygens (including phenoxy) is 2. The maximum absolute atomic E-state index is 6.29. The van der Waals surface area contributed by atoms with E-state index in [1.165, 1.54) is 0 Å². The number of aromatic nitrogens is 2. The van der Waals surface area contributed by atoms with Crippen LogP contribution >= 0.6 is 34.2 Å². The third kappa shape index (κ3) is 2.91. The van der Waals surface area contributed by atoms with Crippen molar-refractivity contribution in [2.45, 2.75) is 19.9 Å². The number of fused-ring (bicyclic) bond motifs is 1.